The highest BCUT2D eigenvalue weighted by Crippen LogP contribution is 2.24. The number of anilines is 1. The van der Waals surface area contributed by atoms with Crippen molar-refractivity contribution in [2.24, 2.45) is 5.10 Å². The molecule has 0 saturated heterocycles. The molecule has 0 bridgehead atoms. The van der Waals surface area contributed by atoms with Gasteiger partial charge in [-0.3, -0.25) is 5.43 Å². The van der Waals surface area contributed by atoms with Crippen LogP contribution in [0.1, 0.15) is 11.1 Å². The van der Waals surface area contributed by atoms with E-state index >= 15 is 0 Å². The standard InChI is InChI=1S/C20H14F4N2O/c21-16-10-17(22)19(24)20(18(16)23)26-25-11-13-6-8-15(9-7-13)27-12-14-4-2-1-3-5-14/h1-11,26H,12H2. The Morgan fingerprint density at radius 2 is 1.48 bits per heavy atom. The maximum atomic E-state index is 13.5. The van der Waals surface area contributed by atoms with Crippen molar-refractivity contribution in [2.45, 2.75) is 6.61 Å². The molecule has 27 heavy (non-hydrogen) atoms. The summed E-state index contributed by atoms with van der Waals surface area (Å²) < 4.78 is 58.9. The molecule has 0 spiro atoms. The summed E-state index contributed by atoms with van der Waals surface area (Å²) in [7, 11) is 0. The van der Waals surface area contributed by atoms with Gasteiger partial charge in [0.15, 0.2) is 23.3 Å². The highest BCUT2D eigenvalue weighted by atomic mass is 19.2. The van der Waals surface area contributed by atoms with Gasteiger partial charge in [0.1, 0.15) is 18.0 Å². The Balaban J connectivity index is 1.62. The molecule has 138 valence electrons. The maximum absolute atomic E-state index is 13.5. The Kier molecular flexibility index (Phi) is 5.71. The van der Waals surface area contributed by atoms with Crippen LogP contribution in [0.5, 0.6) is 5.75 Å². The zero-order chi connectivity index (χ0) is 19.2. The second-order valence-corrected chi connectivity index (χ2v) is 5.56. The number of hydrogen-bond acceptors (Lipinski definition) is 3. The van der Waals surface area contributed by atoms with Crippen LogP contribution in [0.25, 0.3) is 0 Å². The zero-order valence-corrected chi connectivity index (χ0v) is 13.9. The molecule has 0 aliphatic carbocycles. The van der Waals surface area contributed by atoms with E-state index in [4.69, 9.17) is 4.74 Å². The SMILES string of the molecule is Fc1cc(F)c(F)c(NN=Cc2ccc(OCc3ccccc3)cc2)c1F. The van der Waals surface area contributed by atoms with E-state index in [0.29, 0.717) is 17.9 Å². The molecule has 0 aliphatic rings. The molecule has 7 heteroatoms. The maximum Gasteiger partial charge on any atom is 0.186 e. The van der Waals surface area contributed by atoms with Crippen LogP contribution < -0.4 is 10.2 Å². The number of nitrogens with zero attached hydrogens (tertiary/aromatic N) is 1. The number of hydrazone groups is 1. The first-order chi connectivity index (χ1) is 13.0. The third kappa shape index (κ3) is 4.63. The smallest absolute Gasteiger partial charge is 0.186 e. The van der Waals surface area contributed by atoms with Gasteiger partial charge < -0.3 is 4.74 Å². The fourth-order valence-corrected chi connectivity index (χ4v) is 2.23. The van der Waals surface area contributed by atoms with Crippen LogP contribution >= 0.6 is 0 Å². The van der Waals surface area contributed by atoms with E-state index in [2.05, 4.69) is 5.10 Å². The van der Waals surface area contributed by atoms with Crippen molar-refractivity contribution in [2.75, 3.05) is 5.43 Å². The van der Waals surface area contributed by atoms with Crippen LogP contribution in [0.2, 0.25) is 0 Å². The number of halogens is 4. The van der Waals surface area contributed by atoms with E-state index in [9.17, 15) is 17.6 Å². The van der Waals surface area contributed by atoms with Gasteiger partial charge in [0.25, 0.3) is 0 Å². The first kappa shape index (κ1) is 18.4. The highest BCUT2D eigenvalue weighted by molar-refractivity contribution is 5.80. The third-order valence-corrected chi connectivity index (χ3v) is 3.63. The second kappa shape index (κ2) is 8.35. The van der Waals surface area contributed by atoms with Crippen LogP contribution in [0.15, 0.2) is 65.8 Å². The summed E-state index contributed by atoms with van der Waals surface area (Å²) in [4.78, 5) is 0. The molecule has 3 aromatic carbocycles. The molecule has 3 nitrogen and oxygen atoms in total. The predicted octanol–water partition coefficient (Wildman–Crippen LogP) is 5.27. The summed E-state index contributed by atoms with van der Waals surface area (Å²) in [6.45, 7) is 0.416. The number of rotatable bonds is 6. The molecule has 0 amide bonds. The van der Waals surface area contributed by atoms with E-state index < -0.39 is 29.0 Å². The zero-order valence-electron chi connectivity index (χ0n) is 13.9. The largest absolute Gasteiger partial charge is 0.489 e. The van der Waals surface area contributed by atoms with Crippen molar-refractivity contribution >= 4 is 11.9 Å². The topological polar surface area (TPSA) is 33.6 Å². The Morgan fingerprint density at radius 3 is 2.11 bits per heavy atom. The summed E-state index contributed by atoms with van der Waals surface area (Å²) in [6.07, 6.45) is 1.25. The molecule has 0 heterocycles. The van der Waals surface area contributed by atoms with Gasteiger partial charge in [-0.15, -0.1) is 0 Å². The van der Waals surface area contributed by atoms with Gasteiger partial charge in [-0.1, -0.05) is 30.3 Å². The predicted molar refractivity (Wildman–Crippen MR) is 94.7 cm³/mol. The van der Waals surface area contributed by atoms with Gasteiger partial charge in [0, 0.05) is 6.07 Å². The first-order valence-corrected chi connectivity index (χ1v) is 7.93. The average molecular weight is 374 g/mol. The van der Waals surface area contributed by atoms with Gasteiger partial charge in [0.05, 0.1) is 6.21 Å². The summed E-state index contributed by atoms with van der Waals surface area (Å²) >= 11 is 0. The average Bonchev–Trinajstić information content (AvgIpc) is 2.69. The van der Waals surface area contributed by atoms with E-state index in [0.717, 1.165) is 5.56 Å². The van der Waals surface area contributed by atoms with Crippen molar-refractivity contribution in [1.82, 2.24) is 0 Å². The van der Waals surface area contributed by atoms with Crippen molar-refractivity contribution < 1.29 is 22.3 Å². The van der Waals surface area contributed by atoms with Crippen LogP contribution in [0.4, 0.5) is 23.2 Å². The van der Waals surface area contributed by atoms with Gasteiger partial charge in [-0.05, 0) is 35.4 Å². The van der Waals surface area contributed by atoms with Gasteiger partial charge in [-0.2, -0.15) is 5.10 Å². The highest BCUT2D eigenvalue weighted by Gasteiger charge is 2.18. The minimum atomic E-state index is -1.55. The molecule has 1 N–H and O–H groups in total. The number of hydrogen-bond donors (Lipinski definition) is 1. The van der Waals surface area contributed by atoms with Crippen LogP contribution in [0, 0.1) is 23.3 Å². The van der Waals surface area contributed by atoms with E-state index in [1.54, 1.807) is 24.3 Å². The summed E-state index contributed by atoms with van der Waals surface area (Å²) in [5.74, 6) is -5.47. The van der Waals surface area contributed by atoms with Gasteiger partial charge >= 0.3 is 0 Å². The lowest BCUT2D eigenvalue weighted by Crippen LogP contribution is -2.02. The fraction of sp³-hybridized carbons (Fsp3) is 0.0500. The fourth-order valence-electron chi connectivity index (χ4n) is 2.23. The quantitative estimate of drug-likeness (QED) is 0.276. The second-order valence-electron chi connectivity index (χ2n) is 5.56. The summed E-state index contributed by atoms with van der Waals surface area (Å²) in [5, 5.41) is 3.61. The lowest BCUT2D eigenvalue weighted by molar-refractivity contribution is 0.306. The minimum absolute atomic E-state index is 0.133. The lowest BCUT2D eigenvalue weighted by atomic mass is 10.2. The van der Waals surface area contributed by atoms with Crippen molar-refractivity contribution in [3.8, 4) is 5.75 Å². The third-order valence-electron chi connectivity index (χ3n) is 3.63. The van der Waals surface area contributed by atoms with Crippen LogP contribution in [-0.4, -0.2) is 6.21 Å². The molecule has 0 unspecified atom stereocenters. The number of benzene rings is 3. The molecule has 0 aromatic heterocycles. The van der Waals surface area contributed by atoms with Crippen LogP contribution in [0.3, 0.4) is 0 Å². The molecule has 0 aliphatic heterocycles. The first-order valence-electron chi connectivity index (χ1n) is 7.93. The summed E-state index contributed by atoms with van der Waals surface area (Å²) in [6, 6.07) is 16.5. The van der Waals surface area contributed by atoms with Gasteiger partial charge in [-0.25, -0.2) is 17.6 Å². The normalized spacial score (nSPS) is 11.0. The lowest BCUT2D eigenvalue weighted by Gasteiger charge is -2.07. The molecule has 3 aromatic rings. The van der Waals surface area contributed by atoms with Gasteiger partial charge in [0.2, 0.25) is 0 Å². The molecular formula is C20H14F4N2O. The minimum Gasteiger partial charge on any atom is -0.489 e. The van der Waals surface area contributed by atoms with E-state index in [-0.39, 0.29) is 6.07 Å². The molecule has 3 rings (SSSR count). The van der Waals surface area contributed by atoms with Crippen molar-refractivity contribution in [3.63, 3.8) is 0 Å². The Labute approximate surface area is 152 Å². The molecule has 0 radical (unpaired) electrons. The Morgan fingerprint density at radius 1 is 0.852 bits per heavy atom. The molecule has 0 saturated carbocycles. The molecule has 0 fully saturated rings. The van der Waals surface area contributed by atoms with E-state index in [1.807, 2.05) is 35.8 Å². The van der Waals surface area contributed by atoms with E-state index in [1.165, 1.54) is 6.21 Å². The molecule has 0 atom stereocenters. The molecular weight excluding hydrogens is 360 g/mol. The van der Waals surface area contributed by atoms with Crippen molar-refractivity contribution in [1.29, 1.82) is 0 Å². The van der Waals surface area contributed by atoms with Crippen molar-refractivity contribution in [3.05, 3.63) is 95.1 Å². The number of ether oxygens (including phenoxy) is 1. The Hall–Kier alpha value is -3.35. The monoisotopic (exact) mass is 374 g/mol. The Bertz CT molecular complexity index is 918. The number of nitrogens with one attached hydrogen (secondary N) is 1. The summed E-state index contributed by atoms with van der Waals surface area (Å²) in [5.41, 5.74) is 2.60. The van der Waals surface area contributed by atoms with Crippen LogP contribution in [-0.2, 0) is 6.61 Å².